The van der Waals surface area contributed by atoms with Crippen LogP contribution in [0.15, 0.2) is 53.9 Å². The van der Waals surface area contributed by atoms with Crippen LogP contribution >= 0.6 is 11.3 Å². The fourth-order valence-corrected chi connectivity index (χ4v) is 3.05. The minimum absolute atomic E-state index is 0.0564. The summed E-state index contributed by atoms with van der Waals surface area (Å²) in [4.78, 5) is 16.4. The summed E-state index contributed by atoms with van der Waals surface area (Å²) >= 11 is 1.24. The second-order valence-electron chi connectivity index (χ2n) is 5.70. The van der Waals surface area contributed by atoms with Gasteiger partial charge in [-0.05, 0) is 48.4 Å². The number of carbonyl (C=O) groups excluding carboxylic acids is 1. The van der Waals surface area contributed by atoms with Crippen LogP contribution in [0.4, 0.5) is 24.0 Å². The van der Waals surface area contributed by atoms with Crippen molar-refractivity contribution >= 4 is 28.1 Å². The number of nitrogens with one attached hydrogen (secondary N) is 2. The zero-order valence-electron chi connectivity index (χ0n) is 14.5. The number of ether oxygens (including phenoxy) is 1. The van der Waals surface area contributed by atoms with Crippen LogP contribution in [0, 0.1) is 5.82 Å². The van der Waals surface area contributed by atoms with E-state index in [1.165, 1.54) is 35.6 Å². The third-order valence-electron chi connectivity index (χ3n) is 3.68. The van der Waals surface area contributed by atoms with Gasteiger partial charge in [0.1, 0.15) is 17.3 Å². The Morgan fingerprint density at radius 3 is 2.50 bits per heavy atom. The molecule has 0 unspecified atom stereocenters. The number of carbonyl (C=O) groups is 1. The molecule has 0 bridgehead atoms. The molecule has 0 aliphatic rings. The minimum Gasteiger partial charge on any atom is -0.435 e. The number of anilines is 2. The van der Waals surface area contributed by atoms with E-state index in [1.54, 1.807) is 29.6 Å². The van der Waals surface area contributed by atoms with Gasteiger partial charge < -0.3 is 15.4 Å². The SMILES string of the molecule is O=C(NCCc1ccc(F)cc1)c1csc(Nc2ccc(OC(F)F)cc2)n1. The molecule has 9 heteroatoms. The van der Waals surface area contributed by atoms with Crippen molar-refractivity contribution in [2.45, 2.75) is 13.0 Å². The van der Waals surface area contributed by atoms with Crippen LogP contribution in [0.5, 0.6) is 5.75 Å². The lowest BCUT2D eigenvalue weighted by Crippen LogP contribution is -2.25. The molecule has 0 saturated carbocycles. The maximum Gasteiger partial charge on any atom is 0.387 e. The molecule has 3 aromatic rings. The number of alkyl halides is 2. The molecule has 0 aliphatic heterocycles. The van der Waals surface area contributed by atoms with Crippen LogP contribution in [0.3, 0.4) is 0 Å². The minimum atomic E-state index is -2.87. The number of nitrogens with zero attached hydrogens (tertiary/aromatic N) is 1. The maximum absolute atomic E-state index is 12.9. The molecule has 0 atom stereocenters. The Kier molecular flexibility index (Phi) is 6.49. The van der Waals surface area contributed by atoms with Crippen LogP contribution in [0.2, 0.25) is 0 Å². The number of rotatable bonds is 8. The highest BCUT2D eigenvalue weighted by atomic mass is 32.1. The lowest BCUT2D eigenvalue weighted by Gasteiger charge is -2.06. The fraction of sp³-hybridized carbons (Fsp3) is 0.158. The van der Waals surface area contributed by atoms with E-state index in [2.05, 4.69) is 20.4 Å². The lowest BCUT2D eigenvalue weighted by molar-refractivity contribution is -0.0498. The number of halogens is 3. The van der Waals surface area contributed by atoms with E-state index < -0.39 is 6.61 Å². The summed E-state index contributed by atoms with van der Waals surface area (Å²) in [6.07, 6.45) is 0.578. The van der Waals surface area contributed by atoms with Crippen molar-refractivity contribution in [2.75, 3.05) is 11.9 Å². The van der Waals surface area contributed by atoms with E-state index >= 15 is 0 Å². The zero-order valence-corrected chi connectivity index (χ0v) is 15.3. The molecule has 0 radical (unpaired) electrons. The average molecular weight is 407 g/mol. The third-order valence-corrected chi connectivity index (χ3v) is 4.44. The normalized spacial score (nSPS) is 10.7. The van der Waals surface area contributed by atoms with Crippen molar-refractivity contribution in [3.63, 3.8) is 0 Å². The molecule has 2 aromatic carbocycles. The Labute approximate surface area is 163 Å². The highest BCUT2D eigenvalue weighted by molar-refractivity contribution is 7.14. The molecule has 146 valence electrons. The van der Waals surface area contributed by atoms with E-state index in [9.17, 15) is 18.0 Å². The lowest BCUT2D eigenvalue weighted by atomic mass is 10.1. The molecule has 0 aliphatic carbocycles. The van der Waals surface area contributed by atoms with Gasteiger partial charge in [-0.15, -0.1) is 11.3 Å². The molecule has 1 amide bonds. The highest BCUT2D eigenvalue weighted by Crippen LogP contribution is 2.23. The van der Waals surface area contributed by atoms with Gasteiger partial charge in [-0.3, -0.25) is 4.79 Å². The van der Waals surface area contributed by atoms with Gasteiger partial charge >= 0.3 is 6.61 Å². The number of thiazole rings is 1. The number of hydrogen-bond acceptors (Lipinski definition) is 5. The standard InChI is InChI=1S/C19H16F3N3O2S/c20-13-3-1-12(2-4-13)9-10-23-17(26)16-11-28-19(25-16)24-14-5-7-15(8-6-14)27-18(21)22/h1-8,11,18H,9-10H2,(H,23,26)(H,24,25). The van der Waals surface area contributed by atoms with Crippen molar-refractivity contribution in [1.82, 2.24) is 10.3 Å². The molecule has 2 N–H and O–H groups in total. The summed E-state index contributed by atoms with van der Waals surface area (Å²) in [5.41, 5.74) is 1.81. The Bertz CT molecular complexity index is 915. The summed E-state index contributed by atoms with van der Waals surface area (Å²) in [7, 11) is 0. The number of amides is 1. The van der Waals surface area contributed by atoms with Gasteiger partial charge in [-0.1, -0.05) is 12.1 Å². The van der Waals surface area contributed by atoms with E-state index in [1.807, 2.05) is 0 Å². The first-order chi connectivity index (χ1) is 13.5. The van der Waals surface area contributed by atoms with Gasteiger partial charge in [0, 0.05) is 17.6 Å². The smallest absolute Gasteiger partial charge is 0.387 e. The van der Waals surface area contributed by atoms with E-state index in [-0.39, 0.29) is 23.2 Å². The van der Waals surface area contributed by atoms with Crippen LogP contribution < -0.4 is 15.4 Å². The molecule has 28 heavy (non-hydrogen) atoms. The number of aromatic nitrogens is 1. The van der Waals surface area contributed by atoms with Gasteiger partial charge in [0.2, 0.25) is 0 Å². The van der Waals surface area contributed by atoms with Crippen LogP contribution in [0.1, 0.15) is 16.1 Å². The first kappa shape index (κ1) is 19.7. The van der Waals surface area contributed by atoms with Gasteiger partial charge in [0.15, 0.2) is 5.13 Å². The Morgan fingerprint density at radius 1 is 1.11 bits per heavy atom. The molecule has 0 saturated heterocycles. The van der Waals surface area contributed by atoms with Crippen LogP contribution in [-0.2, 0) is 6.42 Å². The molecule has 3 rings (SSSR count). The Morgan fingerprint density at radius 2 is 1.82 bits per heavy atom. The summed E-state index contributed by atoms with van der Waals surface area (Å²) in [5.74, 6) is -0.556. The van der Waals surface area contributed by atoms with Crippen molar-refractivity contribution in [3.8, 4) is 5.75 Å². The highest BCUT2D eigenvalue weighted by Gasteiger charge is 2.11. The quantitative estimate of drug-likeness (QED) is 0.573. The molecule has 0 fully saturated rings. The molecule has 0 spiro atoms. The third kappa shape index (κ3) is 5.71. The van der Waals surface area contributed by atoms with Gasteiger partial charge in [-0.25, -0.2) is 9.37 Å². The van der Waals surface area contributed by atoms with Crippen molar-refractivity contribution in [3.05, 3.63) is 71.0 Å². The predicted octanol–water partition coefficient (Wildman–Crippen LogP) is 4.60. The second kappa shape index (κ2) is 9.23. The van der Waals surface area contributed by atoms with Gasteiger partial charge in [-0.2, -0.15) is 8.78 Å². The number of benzene rings is 2. The molecular weight excluding hydrogens is 391 g/mol. The first-order valence-corrected chi connectivity index (χ1v) is 9.17. The molecule has 1 aromatic heterocycles. The number of hydrogen-bond donors (Lipinski definition) is 2. The second-order valence-corrected chi connectivity index (χ2v) is 6.56. The van der Waals surface area contributed by atoms with Crippen LogP contribution in [-0.4, -0.2) is 24.0 Å². The van der Waals surface area contributed by atoms with Crippen molar-refractivity contribution in [1.29, 1.82) is 0 Å². The predicted molar refractivity (Wildman–Crippen MR) is 101 cm³/mol. The van der Waals surface area contributed by atoms with Gasteiger partial charge in [0.05, 0.1) is 0 Å². The van der Waals surface area contributed by atoms with Crippen molar-refractivity contribution < 1.29 is 22.7 Å². The van der Waals surface area contributed by atoms with E-state index in [0.717, 1.165) is 5.56 Å². The summed E-state index contributed by atoms with van der Waals surface area (Å²) in [6, 6.07) is 12.1. The monoisotopic (exact) mass is 407 g/mol. The van der Waals surface area contributed by atoms with E-state index in [4.69, 9.17) is 0 Å². The van der Waals surface area contributed by atoms with E-state index in [0.29, 0.717) is 23.8 Å². The summed E-state index contributed by atoms with van der Waals surface area (Å²) in [5, 5.41) is 7.86. The average Bonchev–Trinajstić information content (AvgIpc) is 3.13. The molecule has 5 nitrogen and oxygen atoms in total. The Balaban J connectivity index is 1.50. The summed E-state index contributed by atoms with van der Waals surface area (Å²) < 4.78 is 41.4. The van der Waals surface area contributed by atoms with Gasteiger partial charge in [0.25, 0.3) is 5.91 Å². The molecular formula is C19H16F3N3O2S. The first-order valence-electron chi connectivity index (χ1n) is 8.29. The van der Waals surface area contributed by atoms with Crippen LogP contribution in [0.25, 0.3) is 0 Å². The molecule has 1 heterocycles. The fourth-order valence-electron chi connectivity index (χ4n) is 2.34. The zero-order chi connectivity index (χ0) is 19.9. The summed E-state index contributed by atoms with van der Waals surface area (Å²) in [6.45, 7) is -2.47. The Hall–Kier alpha value is -3.07. The largest absolute Gasteiger partial charge is 0.435 e. The maximum atomic E-state index is 12.9. The topological polar surface area (TPSA) is 63.2 Å². The van der Waals surface area contributed by atoms with Crippen molar-refractivity contribution in [2.24, 2.45) is 0 Å².